The molecular weight excluding hydrogens is 290 g/mol. The molecule has 1 aromatic heterocycles. The number of morpholine rings is 1. The quantitative estimate of drug-likeness (QED) is 0.856. The van der Waals surface area contributed by atoms with Gasteiger partial charge in [-0.2, -0.15) is 0 Å². The molecule has 1 aliphatic rings. The summed E-state index contributed by atoms with van der Waals surface area (Å²) in [4.78, 5) is 23.1. The average Bonchev–Trinajstić information content (AvgIpc) is 2.53. The van der Waals surface area contributed by atoms with E-state index in [2.05, 4.69) is 9.97 Å². The van der Waals surface area contributed by atoms with Crippen molar-refractivity contribution in [1.29, 1.82) is 0 Å². The summed E-state index contributed by atoms with van der Waals surface area (Å²) in [6.07, 6.45) is 3.22. The van der Waals surface area contributed by atoms with Crippen LogP contribution >= 0.6 is 0 Å². The zero-order chi connectivity index (χ0) is 16.4. The smallest absolute Gasteiger partial charge is 0.257 e. The minimum absolute atomic E-state index is 0.0206. The van der Waals surface area contributed by atoms with Crippen molar-refractivity contribution in [2.45, 2.75) is 32.5 Å². The summed E-state index contributed by atoms with van der Waals surface area (Å²) in [6.45, 7) is 7.13. The van der Waals surface area contributed by atoms with Gasteiger partial charge in [-0.1, -0.05) is 30.3 Å². The van der Waals surface area contributed by atoms with Crippen LogP contribution in [-0.4, -0.2) is 45.6 Å². The highest BCUT2D eigenvalue weighted by Crippen LogP contribution is 2.22. The van der Waals surface area contributed by atoms with Gasteiger partial charge in [0.2, 0.25) is 0 Å². The van der Waals surface area contributed by atoms with Gasteiger partial charge >= 0.3 is 0 Å². The van der Waals surface area contributed by atoms with Crippen LogP contribution in [0.25, 0.3) is 11.4 Å². The molecular formula is C18H21N3O2. The highest BCUT2D eigenvalue weighted by molar-refractivity contribution is 5.93. The van der Waals surface area contributed by atoms with Crippen LogP contribution in [0.3, 0.4) is 0 Å². The Bertz CT molecular complexity index is 683. The van der Waals surface area contributed by atoms with Gasteiger partial charge in [0.1, 0.15) is 0 Å². The molecule has 0 saturated carbocycles. The first-order chi connectivity index (χ1) is 10.9. The second-order valence-electron chi connectivity index (χ2n) is 6.54. The summed E-state index contributed by atoms with van der Waals surface area (Å²) in [6, 6.07) is 9.72. The van der Waals surface area contributed by atoms with Gasteiger partial charge in [0.25, 0.3) is 5.91 Å². The van der Waals surface area contributed by atoms with Crippen LogP contribution in [0.2, 0.25) is 0 Å². The summed E-state index contributed by atoms with van der Waals surface area (Å²) in [7, 11) is 0. The Morgan fingerprint density at radius 3 is 2.48 bits per heavy atom. The molecule has 23 heavy (non-hydrogen) atoms. The molecule has 0 aliphatic carbocycles. The molecule has 120 valence electrons. The minimum atomic E-state index is -0.335. The molecule has 0 spiro atoms. The second-order valence-corrected chi connectivity index (χ2v) is 6.54. The first-order valence-corrected chi connectivity index (χ1v) is 7.79. The third-order valence-electron chi connectivity index (χ3n) is 3.79. The number of nitrogens with zero attached hydrogens (tertiary/aromatic N) is 3. The van der Waals surface area contributed by atoms with Gasteiger partial charge in [0.15, 0.2) is 5.82 Å². The standard InChI is InChI=1S/C18H21N3O2/c1-13-11-21(12-18(2,3)23-13)17(22)15-9-19-16(20-10-15)14-7-5-4-6-8-14/h4-10,13H,11-12H2,1-3H3/t13-/m0/s1. The molecule has 1 saturated heterocycles. The third kappa shape index (κ3) is 3.56. The number of benzene rings is 1. The predicted molar refractivity (Wildman–Crippen MR) is 88.0 cm³/mol. The van der Waals surface area contributed by atoms with Crippen LogP contribution in [0.1, 0.15) is 31.1 Å². The maximum Gasteiger partial charge on any atom is 0.257 e. The summed E-state index contributed by atoms with van der Waals surface area (Å²) >= 11 is 0. The fraction of sp³-hybridized carbons (Fsp3) is 0.389. The first-order valence-electron chi connectivity index (χ1n) is 7.79. The van der Waals surface area contributed by atoms with Crippen LogP contribution < -0.4 is 0 Å². The molecule has 0 radical (unpaired) electrons. The number of hydrogen-bond donors (Lipinski definition) is 0. The lowest BCUT2D eigenvalue weighted by Gasteiger charge is -2.41. The van der Waals surface area contributed by atoms with Gasteiger partial charge in [-0.05, 0) is 20.8 Å². The Labute approximate surface area is 136 Å². The van der Waals surface area contributed by atoms with E-state index in [1.165, 1.54) is 0 Å². The largest absolute Gasteiger partial charge is 0.369 e. The average molecular weight is 311 g/mol. The fourth-order valence-electron chi connectivity index (χ4n) is 2.97. The van der Waals surface area contributed by atoms with Crippen molar-refractivity contribution in [3.05, 3.63) is 48.3 Å². The highest BCUT2D eigenvalue weighted by Gasteiger charge is 2.34. The predicted octanol–water partition coefficient (Wildman–Crippen LogP) is 2.78. The number of ether oxygens (including phenoxy) is 1. The van der Waals surface area contributed by atoms with Gasteiger partial charge in [-0.25, -0.2) is 9.97 Å². The zero-order valence-corrected chi connectivity index (χ0v) is 13.7. The Morgan fingerprint density at radius 1 is 1.22 bits per heavy atom. The molecule has 1 atom stereocenters. The molecule has 1 aromatic carbocycles. The van der Waals surface area contributed by atoms with Gasteiger partial charge < -0.3 is 9.64 Å². The molecule has 2 aromatic rings. The maximum absolute atomic E-state index is 12.7. The van der Waals surface area contributed by atoms with E-state index >= 15 is 0 Å². The number of amides is 1. The van der Waals surface area contributed by atoms with Crippen molar-refractivity contribution in [1.82, 2.24) is 14.9 Å². The Kier molecular flexibility index (Phi) is 4.13. The Balaban J connectivity index is 1.78. The fourth-order valence-corrected chi connectivity index (χ4v) is 2.97. The lowest BCUT2D eigenvalue weighted by atomic mass is 10.0. The monoisotopic (exact) mass is 311 g/mol. The SMILES string of the molecule is C[C@H]1CN(C(=O)c2cnc(-c3ccccc3)nc2)CC(C)(C)O1. The summed E-state index contributed by atoms with van der Waals surface area (Å²) in [5.74, 6) is 0.575. The van der Waals surface area contributed by atoms with E-state index in [1.54, 1.807) is 12.4 Å². The molecule has 1 fully saturated rings. The van der Waals surface area contributed by atoms with Crippen molar-refractivity contribution in [3.63, 3.8) is 0 Å². The van der Waals surface area contributed by atoms with E-state index < -0.39 is 0 Å². The maximum atomic E-state index is 12.7. The lowest BCUT2D eigenvalue weighted by molar-refractivity contribution is -0.118. The van der Waals surface area contributed by atoms with E-state index in [4.69, 9.17) is 4.74 Å². The van der Waals surface area contributed by atoms with Crippen LogP contribution in [0.4, 0.5) is 0 Å². The molecule has 5 nitrogen and oxygen atoms in total. The van der Waals surface area contributed by atoms with Crippen LogP contribution in [0.15, 0.2) is 42.7 Å². The van der Waals surface area contributed by atoms with E-state index in [-0.39, 0.29) is 17.6 Å². The normalized spacial score (nSPS) is 20.3. The van der Waals surface area contributed by atoms with Gasteiger partial charge in [0, 0.05) is 31.0 Å². The number of carbonyl (C=O) groups is 1. The van der Waals surface area contributed by atoms with Crippen LogP contribution in [0.5, 0.6) is 0 Å². The summed E-state index contributed by atoms with van der Waals surface area (Å²) in [5.41, 5.74) is 1.11. The van der Waals surface area contributed by atoms with E-state index in [0.717, 1.165) is 5.56 Å². The van der Waals surface area contributed by atoms with E-state index in [0.29, 0.717) is 24.5 Å². The number of rotatable bonds is 2. The van der Waals surface area contributed by atoms with E-state index in [9.17, 15) is 4.79 Å². The molecule has 0 N–H and O–H groups in total. The number of carbonyl (C=O) groups excluding carboxylic acids is 1. The Hall–Kier alpha value is -2.27. The zero-order valence-electron chi connectivity index (χ0n) is 13.7. The molecule has 2 heterocycles. The second kappa shape index (κ2) is 6.08. The number of aromatic nitrogens is 2. The van der Waals surface area contributed by atoms with Crippen molar-refractivity contribution in [3.8, 4) is 11.4 Å². The van der Waals surface area contributed by atoms with Gasteiger partial charge in [-0.15, -0.1) is 0 Å². The van der Waals surface area contributed by atoms with Gasteiger partial charge in [0.05, 0.1) is 17.3 Å². The van der Waals surface area contributed by atoms with Crippen molar-refractivity contribution < 1.29 is 9.53 Å². The number of hydrogen-bond acceptors (Lipinski definition) is 4. The molecule has 0 unspecified atom stereocenters. The minimum Gasteiger partial charge on any atom is -0.369 e. The lowest BCUT2D eigenvalue weighted by Crippen LogP contribution is -2.53. The topological polar surface area (TPSA) is 55.3 Å². The third-order valence-corrected chi connectivity index (χ3v) is 3.79. The first kappa shape index (κ1) is 15.6. The summed E-state index contributed by atoms with van der Waals surface area (Å²) < 4.78 is 5.84. The van der Waals surface area contributed by atoms with Crippen molar-refractivity contribution in [2.75, 3.05) is 13.1 Å². The van der Waals surface area contributed by atoms with Crippen molar-refractivity contribution >= 4 is 5.91 Å². The van der Waals surface area contributed by atoms with Crippen LogP contribution in [0, 0.1) is 0 Å². The molecule has 1 amide bonds. The molecule has 0 bridgehead atoms. The Morgan fingerprint density at radius 2 is 1.87 bits per heavy atom. The molecule has 5 heteroatoms. The van der Waals surface area contributed by atoms with Crippen molar-refractivity contribution in [2.24, 2.45) is 0 Å². The molecule has 3 rings (SSSR count). The summed E-state index contributed by atoms with van der Waals surface area (Å²) in [5, 5.41) is 0. The molecule has 1 aliphatic heterocycles. The van der Waals surface area contributed by atoms with Crippen LogP contribution in [-0.2, 0) is 4.74 Å². The highest BCUT2D eigenvalue weighted by atomic mass is 16.5. The van der Waals surface area contributed by atoms with E-state index in [1.807, 2.05) is 56.0 Å². The van der Waals surface area contributed by atoms with Gasteiger partial charge in [-0.3, -0.25) is 4.79 Å².